The summed E-state index contributed by atoms with van der Waals surface area (Å²) < 4.78 is 1.38. The van der Waals surface area contributed by atoms with Crippen LogP contribution in [0.15, 0.2) is 29.6 Å². The normalized spacial score (nSPS) is 11.1. The van der Waals surface area contributed by atoms with Gasteiger partial charge in [0.2, 0.25) is 5.78 Å². The van der Waals surface area contributed by atoms with Crippen molar-refractivity contribution in [1.29, 1.82) is 0 Å². The summed E-state index contributed by atoms with van der Waals surface area (Å²) in [7, 11) is 0. The van der Waals surface area contributed by atoms with Gasteiger partial charge in [-0.05, 0) is 6.07 Å². The van der Waals surface area contributed by atoms with E-state index in [4.69, 9.17) is 0 Å². The fraction of sp³-hybridized carbons (Fsp3) is 0. The first kappa shape index (κ1) is 7.19. The molecule has 0 fully saturated rings. The van der Waals surface area contributed by atoms with Crippen LogP contribution >= 0.6 is 0 Å². The molecule has 3 aromatic rings. The third-order valence-electron chi connectivity index (χ3n) is 1.98. The van der Waals surface area contributed by atoms with Crippen LogP contribution in [-0.2, 0) is 0 Å². The second-order valence-electron chi connectivity index (χ2n) is 2.81. The molecule has 0 bridgehead atoms. The van der Waals surface area contributed by atoms with Crippen LogP contribution in [-0.4, -0.2) is 24.3 Å². The molecule has 6 nitrogen and oxygen atoms in total. The topological polar surface area (TPSA) is 75.9 Å². The molecule has 0 aromatic carbocycles. The fourth-order valence-corrected chi connectivity index (χ4v) is 1.35. The molecule has 0 aliphatic rings. The monoisotopic (exact) mass is 187 g/mol. The molecule has 0 unspecified atom stereocenters. The van der Waals surface area contributed by atoms with E-state index in [1.165, 1.54) is 10.7 Å². The van der Waals surface area contributed by atoms with Crippen molar-refractivity contribution in [3.05, 3.63) is 35.1 Å². The maximum atomic E-state index is 11.8. The first-order valence-electron chi connectivity index (χ1n) is 4.03. The van der Waals surface area contributed by atoms with E-state index in [2.05, 4.69) is 19.9 Å². The van der Waals surface area contributed by atoms with Gasteiger partial charge in [-0.25, -0.2) is 14.4 Å². The second kappa shape index (κ2) is 2.38. The van der Waals surface area contributed by atoms with Crippen molar-refractivity contribution in [2.45, 2.75) is 0 Å². The number of rotatable bonds is 0. The Morgan fingerprint density at radius 3 is 3.21 bits per heavy atom. The van der Waals surface area contributed by atoms with Crippen molar-refractivity contribution in [3.63, 3.8) is 0 Å². The highest BCUT2D eigenvalue weighted by Gasteiger charge is 2.06. The lowest BCUT2D eigenvalue weighted by atomic mass is 10.5. The zero-order valence-electron chi connectivity index (χ0n) is 7.01. The molecule has 14 heavy (non-hydrogen) atoms. The number of aromatic nitrogens is 5. The van der Waals surface area contributed by atoms with Gasteiger partial charge >= 0.3 is 0 Å². The highest BCUT2D eigenvalue weighted by atomic mass is 16.1. The van der Waals surface area contributed by atoms with Gasteiger partial charge in [0.15, 0.2) is 11.2 Å². The molecule has 0 aliphatic carbocycles. The Balaban J connectivity index is 2.70. The summed E-state index contributed by atoms with van der Waals surface area (Å²) in [6.45, 7) is 0. The van der Waals surface area contributed by atoms with E-state index in [9.17, 15) is 4.79 Å². The van der Waals surface area contributed by atoms with Crippen molar-refractivity contribution in [2.75, 3.05) is 0 Å². The molecule has 0 aliphatic heterocycles. The van der Waals surface area contributed by atoms with Crippen LogP contribution in [0.4, 0.5) is 0 Å². The standard InChI is InChI=1S/C8H5N5O/c14-7-5-6(11-4-10-5)12-8-9-2-1-3-13(7)8/h1-4H,(H,10,11). The molecule has 68 valence electrons. The maximum absolute atomic E-state index is 11.8. The predicted molar refractivity (Wildman–Crippen MR) is 48.9 cm³/mol. The smallest absolute Gasteiger partial charge is 0.285 e. The largest absolute Gasteiger partial charge is 0.339 e. The second-order valence-corrected chi connectivity index (χ2v) is 2.81. The van der Waals surface area contributed by atoms with Crippen molar-refractivity contribution in [2.24, 2.45) is 0 Å². The lowest BCUT2D eigenvalue weighted by Crippen LogP contribution is -2.15. The van der Waals surface area contributed by atoms with Gasteiger partial charge in [-0.2, -0.15) is 4.98 Å². The minimum Gasteiger partial charge on any atom is -0.339 e. The summed E-state index contributed by atoms with van der Waals surface area (Å²) in [6.07, 6.45) is 4.65. The Hall–Kier alpha value is -2.24. The molecular formula is C8H5N5O. The lowest BCUT2D eigenvalue weighted by Gasteiger charge is -1.96. The van der Waals surface area contributed by atoms with Gasteiger partial charge in [0, 0.05) is 12.4 Å². The van der Waals surface area contributed by atoms with Crippen LogP contribution in [0.5, 0.6) is 0 Å². The average Bonchev–Trinajstić information content (AvgIpc) is 2.66. The quantitative estimate of drug-likeness (QED) is 0.536. The summed E-state index contributed by atoms with van der Waals surface area (Å²) in [6, 6.07) is 1.68. The third-order valence-corrected chi connectivity index (χ3v) is 1.98. The molecule has 0 radical (unpaired) electrons. The van der Waals surface area contributed by atoms with E-state index in [-0.39, 0.29) is 5.56 Å². The van der Waals surface area contributed by atoms with Gasteiger partial charge in [-0.3, -0.25) is 4.79 Å². The van der Waals surface area contributed by atoms with E-state index >= 15 is 0 Å². The van der Waals surface area contributed by atoms with Crippen molar-refractivity contribution >= 4 is 16.9 Å². The number of aromatic amines is 1. The molecule has 3 aromatic heterocycles. The lowest BCUT2D eigenvalue weighted by molar-refractivity contribution is 1.02. The van der Waals surface area contributed by atoms with Crippen LogP contribution in [0.3, 0.4) is 0 Å². The minimum absolute atomic E-state index is 0.185. The van der Waals surface area contributed by atoms with Crippen molar-refractivity contribution in [1.82, 2.24) is 24.3 Å². The fourth-order valence-electron chi connectivity index (χ4n) is 1.35. The Labute approximate surface area is 77.3 Å². The van der Waals surface area contributed by atoms with E-state index in [0.29, 0.717) is 16.9 Å². The highest BCUT2D eigenvalue weighted by Crippen LogP contribution is 2.00. The van der Waals surface area contributed by atoms with E-state index in [1.807, 2.05) is 0 Å². The Morgan fingerprint density at radius 2 is 2.29 bits per heavy atom. The summed E-state index contributed by atoms with van der Waals surface area (Å²) in [5.74, 6) is 0.358. The first-order valence-corrected chi connectivity index (χ1v) is 4.03. The van der Waals surface area contributed by atoms with Crippen molar-refractivity contribution < 1.29 is 0 Å². The number of hydrogen-bond acceptors (Lipinski definition) is 4. The average molecular weight is 187 g/mol. The van der Waals surface area contributed by atoms with Crippen LogP contribution < -0.4 is 5.56 Å². The van der Waals surface area contributed by atoms with Gasteiger partial charge in [0.25, 0.3) is 5.56 Å². The van der Waals surface area contributed by atoms with Gasteiger partial charge < -0.3 is 4.98 Å². The first-order chi connectivity index (χ1) is 6.86. The summed E-state index contributed by atoms with van der Waals surface area (Å²) in [5.41, 5.74) is 0.611. The van der Waals surface area contributed by atoms with Crippen molar-refractivity contribution in [3.8, 4) is 0 Å². The zero-order chi connectivity index (χ0) is 9.54. The van der Waals surface area contributed by atoms with Crippen LogP contribution in [0.2, 0.25) is 0 Å². The summed E-state index contributed by atoms with van der Waals surface area (Å²) >= 11 is 0. The molecule has 3 rings (SSSR count). The number of hydrogen-bond donors (Lipinski definition) is 1. The number of fused-ring (bicyclic) bond motifs is 2. The molecule has 0 amide bonds. The Bertz CT molecular complexity index is 668. The molecule has 0 spiro atoms. The molecule has 6 heteroatoms. The molecule has 0 saturated heterocycles. The van der Waals surface area contributed by atoms with Gasteiger partial charge in [0.05, 0.1) is 6.33 Å². The number of nitrogens with zero attached hydrogens (tertiary/aromatic N) is 4. The third kappa shape index (κ3) is 0.792. The minimum atomic E-state index is -0.185. The van der Waals surface area contributed by atoms with E-state index in [1.54, 1.807) is 18.5 Å². The summed E-state index contributed by atoms with van der Waals surface area (Å²) in [4.78, 5) is 26.5. The SMILES string of the molecule is O=c1c2[nH]cnc2nc2ncccn12. The summed E-state index contributed by atoms with van der Waals surface area (Å²) in [5, 5.41) is 0. The van der Waals surface area contributed by atoms with Crippen LogP contribution in [0.25, 0.3) is 16.9 Å². The number of imidazole rings is 1. The zero-order valence-corrected chi connectivity index (χ0v) is 7.01. The van der Waals surface area contributed by atoms with Gasteiger partial charge in [0.1, 0.15) is 0 Å². The number of H-pyrrole nitrogens is 1. The Morgan fingerprint density at radius 1 is 1.36 bits per heavy atom. The Kier molecular flexibility index (Phi) is 1.22. The molecule has 3 heterocycles. The highest BCUT2D eigenvalue weighted by molar-refractivity contribution is 5.70. The maximum Gasteiger partial charge on any atom is 0.285 e. The van der Waals surface area contributed by atoms with Gasteiger partial charge in [-0.1, -0.05) is 0 Å². The predicted octanol–water partition coefficient (Wildman–Crippen LogP) is -0.0342. The van der Waals surface area contributed by atoms with Crippen LogP contribution in [0, 0.1) is 0 Å². The molecule has 1 N–H and O–H groups in total. The molecule has 0 saturated carbocycles. The van der Waals surface area contributed by atoms with Gasteiger partial charge in [-0.15, -0.1) is 0 Å². The number of nitrogens with one attached hydrogen (secondary N) is 1. The van der Waals surface area contributed by atoms with E-state index < -0.39 is 0 Å². The van der Waals surface area contributed by atoms with E-state index in [0.717, 1.165) is 0 Å². The molecule has 0 atom stereocenters. The molecular weight excluding hydrogens is 182 g/mol. The van der Waals surface area contributed by atoms with Crippen LogP contribution in [0.1, 0.15) is 0 Å².